The minimum atomic E-state index is -0.847. The predicted octanol–water partition coefficient (Wildman–Crippen LogP) is 1.77. The Morgan fingerprint density at radius 3 is 2.50 bits per heavy atom. The highest BCUT2D eigenvalue weighted by molar-refractivity contribution is 5.79. The SMILES string of the molecule is CCCCCCC=CC(=O)O.O. The number of carbonyl (C=O) groups is 1. The van der Waals surface area contributed by atoms with Crippen LogP contribution in [-0.2, 0) is 4.79 Å². The summed E-state index contributed by atoms with van der Waals surface area (Å²) in [4.78, 5) is 10.0. The Morgan fingerprint density at radius 2 is 2.00 bits per heavy atom. The molecule has 12 heavy (non-hydrogen) atoms. The highest BCUT2D eigenvalue weighted by Gasteiger charge is 1.86. The second kappa shape index (κ2) is 10.2. The second-order valence-electron chi connectivity index (χ2n) is 2.59. The smallest absolute Gasteiger partial charge is 0.327 e. The maximum absolute atomic E-state index is 10.0. The molecule has 0 aliphatic heterocycles. The number of allylic oxidation sites excluding steroid dienone is 1. The first-order chi connectivity index (χ1) is 5.27. The van der Waals surface area contributed by atoms with Crippen molar-refractivity contribution in [1.29, 1.82) is 0 Å². The van der Waals surface area contributed by atoms with Crippen molar-refractivity contribution < 1.29 is 15.4 Å². The third-order valence-electron chi connectivity index (χ3n) is 1.48. The van der Waals surface area contributed by atoms with Crippen LogP contribution in [0.5, 0.6) is 0 Å². The minimum Gasteiger partial charge on any atom is -0.478 e. The van der Waals surface area contributed by atoms with E-state index in [0.717, 1.165) is 12.8 Å². The van der Waals surface area contributed by atoms with Gasteiger partial charge < -0.3 is 10.6 Å². The molecule has 0 atom stereocenters. The van der Waals surface area contributed by atoms with Crippen molar-refractivity contribution in [3.8, 4) is 0 Å². The van der Waals surface area contributed by atoms with Crippen LogP contribution >= 0.6 is 0 Å². The monoisotopic (exact) mass is 174 g/mol. The van der Waals surface area contributed by atoms with E-state index in [2.05, 4.69) is 6.92 Å². The van der Waals surface area contributed by atoms with Gasteiger partial charge in [0.25, 0.3) is 0 Å². The lowest BCUT2D eigenvalue weighted by molar-refractivity contribution is -0.131. The van der Waals surface area contributed by atoms with Crippen LogP contribution in [0.3, 0.4) is 0 Å². The third-order valence-corrected chi connectivity index (χ3v) is 1.48. The van der Waals surface area contributed by atoms with Gasteiger partial charge in [0.05, 0.1) is 0 Å². The molecular weight excluding hydrogens is 156 g/mol. The highest BCUT2D eigenvalue weighted by Crippen LogP contribution is 2.02. The summed E-state index contributed by atoms with van der Waals surface area (Å²) in [5.41, 5.74) is 0. The molecule has 0 bridgehead atoms. The summed E-state index contributed by atoms with van der Waals surface area (Å²) in [7, 11) is 0. The van der Waals surface area contributed by atoms with Gasteiger partial charge in [-0.2, -0.15) is 0 Å². The number of hydrogen-bond donors (Lipinski definition) is 1. The van der Waals surface area contributed by atoms with Crippen LogP contribution in [-0.4, -0.2) is 16.6 Å². The van der Waals surface area contributed by atoms with Crippen LogP contribution in [0.1, 0.15) is 39.0 Å². The fourth-order valence-electron chi connectivity index (χ4n) is 0.873. The Hall–Kier alpha value is -0.830. The van der Waals surface area contributed by atoms with Crippen LogP contribution in [0.25, 0.3) is 0 Å². The summed E-state index contributed by atoms with van der Waals surface area (Å²) in [6.45, 7) is 2.16. The average Bonchev–Trinajstić information content (AvgIpc) is 1.96. The molecule has 0 aromatic rings. The number of carboxylic acids is 1. The molecule has 0 aliphatic rings. The molecule has 0 fully saturated rings. The van der Waals surface area contributed by atoms with Crippen molar-refractivity contribution in [3.05, 3.63) is 12.2 Å². The van der Waals surface area contributed by atoms with E-state index >= 15 is 0 Å². The second-order valence-corrected chi connectivity index (χ2v) is 2.59. The molecule has 0 heterocycles. The highest BCUT2D eigenvalue weighted by atomic mass is 16.4. The Balaban J connectivity index is 0. The minimum absolute atomic E-state index is 0. The molecule has 0 saturated heterocycles. The van der Waals surface area contributed by atoms with E-state index in [1.54, 1.807) is 6.08 Å². The lowest BCUT2D eigenvalue weighted by Gasteiger charge is -1.92. The molecule has 0 saturated carbocycles. The van der Waals surface area contributed by atoms with E-state index in [1.807, 2.05) is 0 Å². The van der Waals surface area contributed by atoms with Crippen molar-refractivity contribution >= 4 is 5.97 Å². The first-order valence-corrected chi connectivity index (χ1v) is 4.17. The van der Waals surface area contributed by atoms with E-state index in [1.165, 1.54) is 25.3 Å². The molecule has 72 valence electrons. The van der Waals surface area contributed by atoms with Crippen molar-refractivity contribution in [3.63, 3.8) is 0 Å². The Bertz CT molecular complexity index is 130. The lowest BCUT2D eigenvalue weighted by atomic mass is 10.1. The van der Waals surface area contributed by atoms with E-state index in [-0.39, 0.29) is 5.48 Å². The van der Waals surface area contributed by atoms with Crippen LogP contribution in [0.4, 0.5) is 0 Å². The summed E-state index contributed by atoms with van der Waals surface area (Å²) in [5, 5.41) is 8.23. The largest absolute Gasteiger partial charge is 0.478 e. The maximum atomic E-state index is 10.0. The number of hydrogen-bond acceptors (Lipinski definition) is 1. The molecule has 0 unspecified atom stereocenters. The van der Waals surface area contributed by atoms with Crippen LogP contribution in [0, 0.1) is 0 Å². The summed E-state index contributed by atoms with van der Waals surface area (Å²) in [6, 6.07) is 0. The van der Waals surface area contributed by atoms with Crippen LogP contribution in [0.2, 0.25) is 0 Å². The Labute approximate surface area is 73.4 Å². The summed E-state index contributed by atoms with van der Waals surface area (Å²) >= 11 is 0. The van der Waals surface area contributed by atoms with Gasteiger partial charge in [-0.1, -0.05) is 32.3 Å². The van der Waals surface area contributed by atoms with Gasteiger partial charge in [0.2, 0.25) is 0 Å². The molecule has 0 aromatic carbocycles. The molecule has 3 N–H and O–H groups in total. The first kappa shape index (κ1) is 13.7. The molecule has 0 radical (unpaired) electrons. The third kappa shape index (κ3) is 11.9. The fourth-order valence-corrected chi connectivity index (χ4v) is 0.873. The molecule has 0 aromatic heterocycles. The van der Waals surface area contributed by atoms with E-state index in [4.69, 9.17) is 5.11 Å². The zero-order valence-electron chi connectivity index (χ0n) is 7.55. The first-order valence-electron chi connectivity index (χ1n) is 4.17. The van der Waals surface area contributed by atoms with Gasteiger partial charge in [-0.15, -0.1) is 0 Å². The zero-order valence-corrected chi connectivity index (χ0v) is 7.55. The number of carboxylic acid groups (broad SMARTS) is 1. The van der Waals surface area contributed by atoms with Gasteiger partial charge in [0, 0.05) is 6.08 Å². The number of rotatable bonds is 6. The topological polar surface area (TPSA) is 68.8 Å². The molecule has 0 aliphatic carbocycles. The van der Waals surface area contributed by atoms with Gasteiger partial charge in [0.15, 0.2) is 0 Å². The standard InChI is InChI=1S/C9H16O2.H2O/c1-2-3-4-5-6-7-8-9(10)11;/h7-8H,2-6H2,1H3,(H,10,11);1H2. The van der Waals surface area contributed by atoms with E-state index < -0.39 is 5.97 Å². The normalized spacial score (nSPS) is 9.75. The van der Waals surface area contributed by atoms with Crippen molar-refractivity contribution in [2.24, 2.45) is 0 Å². The summed E-state index contributed by atoms with van der Waals surface area (Å²) in [6.07, 6.45) is 8.62. The van der Waals surface area contributed by atoms with Gasteiger partial charge in [-0.25, -0.2) is 4.79 Å². The van der Waals surface area contributed by atoms with Crippen LogP contribution < -0.4 is 0 Å². The van der Waals surface area contributed by atoms with Crippen molar-refractivity contribution in [2.45, 2.75) is 39.0 Å². The molecule has 0 amide bonds. The Morgan fingerprint density at radius 1 is 1.33 bits per heavy atom. The fraction of sp³-hybridized carbons (Fsp3) is 0.667. The van der Waals surface area contributed by atoms with E-state index in [0.29, 0.717) is 0 Å². The molecule has 3 nitrogen and oxygen atoms in total. The zero-order chi connectivity index (χ0) is 8.53. The van der Waals surface area contributed by atoms with Crippen molar-refractivity contribution in [2.75, 3.05) is 0 Å². The molecule has 0 spiro atoms. The average molecular weight is 174 g/mol. The summed E-state index contributed by atoms with van der Waals surface area (Å²) in [5.74, 6) is -0.847. The number of aliphatic carboxylic acids is 1. The van der Waals surface area contributed by atoms with Gasteiger partial charge in [0.1, 0.15) is 0 Å². The van der Waals surface area contributed by atoms with Gasteiger partial charge in [-0.05, 0) is 12.8 Å². The Kier molecular flexibility index (Phi) is 11.6. The molecule has 3 heteroatoms. The molecule has 0 rings (SSSR count). The van der Waals surface area contributed by atoms with Crippen LogP contribution in [0.15, 0.2) is 12.2 Å². The van der Waals surface area contributed by atoms with E-state index in [9.17, 15) is 4.79 Å². The van der Waals surface area contributed by atoms with Gasteiger partial charge in [-0.3, -0.25) is 0 Å². The predicted molar refractivity (Wildman–Crippen MR) is 49.1 cm³/mol. The summed E-state index contributed by atoms with van der Waals surface area (Å²) < 4.78 is 0. The van der Waals surface area contributed by atoms with Gasteiger partial charge >= 0.3 is 5.97 Å². The lowest BCUT2D eigenvalue weighted by Crippen LogP contribution is -1.85. The maximum Gasteiger partial charge on any atom is 0.327 e. The number of unbranched alkanes of at least 4 members (excludes halogenated alkanes) is 4. The van der Waals surface area contributed by atoms with Crippen molar-refractivity contribution in [1.82, 2.24) is 0 Å². The molecular formula is C9H18O3. The quantitative estimate of drug-likeness (QED) is 0.492.